The summed E-state index contributed by atoms with van der Waals surface area (Å²) in [6.07, 6.45) is 6.36. The average molecular weight is 202 g/mol. The summed E-state index contributed by atoms with van der Waals surface area (Å²) < 4.78 is 2.02. The topological polar surface area (TPSA) is 69.9 Å². The molecule has 0 amide bonds. The maximum atomic E-state index is 5.87. The van der Waals surface area contributed by atoms with E-state index in [4.69, 9.17) is 11.5 Å². The summed E-state index contributed by atoms with van der Waals surface area (Å²) >= 11 is 0. The summed E-state index contributed by atoms with van der Waals surface area (Å²) in [6.45, 7) is 0.869. The van der Waals surface area contributed by atoms with Gasteiger partial charge in [0.2, 0.25) is 0 Å². The zero-order valence-corrected chi connectivity index (χ0v) is 8.43. The van der Waals surface area contributed by atoms with Crippen molar-refractivity contribution in [2.24, 2.45) is 0 Å². The Bertz CT molecular complexity index is 434. The fraction of sp³-hybridized carbons (Fsp3) is 0.182. The van der Waals surface area contributed by atoms with E-state index in [1.165, 1.54) is 0 Å². The van der Waals surface area contributed by atoms with E-state index in [1.807, 2.05) is 29.0 Å². The van der Waals surface area contributed by atoms with Gasteiger partial charge in [-0.3, -0.25) is 0 Å². The lowest BCUT2D eigenvalue weighted by atomic mass is 10.1. The van der Waals surface area contributed by atoms with Crippen molar-refractivity contribution in [3.8, 4) is 0 Å². The Kier molecular flexibility index (Phi) is 2.58. The van der Waals surface area contributed by atoms with E-state index in [0.29, 0.717) is 11.4 Å². The van der Waals surface area contributed by atoms with Crippen molar-refractivity contribution in [1.29, 1.82) is 0 Å². The van der Waals surface area contributed by atoms with Crippen molar-refractivity contribution < 1.29 is 0 Å². The molecule has 1 aromatic carbocycles. The molecular formula is C11H14N4. The number of hydrogen-bond donors (Lipinski definition) is 2. The van der Waals surface area contributed by atoms with E-state index >= 15 is 0 Å². The maximum absolute atomic E-state index is 5.87. The zero-order chi connectivity index (χ0) is 10.7. The Labute approximate surface area is 88.5 Å². The van der Waals surface area contributed by atoms with Gasteiger partial charge in [0.25, 0.3) is 0 Å². The number of para-hydroxylation sites is 1. The summed E-state index contributed by atoms with van der Waals surface area (Å²) in [5.41, 5.74) is 14.0. The van der Waals surface area contributed by atoms with Gasteiger partial charge in [0.15, 0.2) is 0 Å². The van der Waals surface area contributed by atoms with Crippen LogP contribution in [-0.4, -0.2) is 9.55 Å². The molecule has 0 aliphatic rings. The zero-order valence-electron chi connectivity index (χ0n) is 8.43. The van der Waals surface area contributed by atoms with Crippen LogP contribution in [0.25, 0.3) is 0 Å². The molecule has 78 valence electrons. The molecule has 1 heterocycles. The quantitative estimate of drug-likeness (QED) is 0.737. The van der Waals surface area contributed by atoms with Gasteiger partial charge in [-0.25, -0.2) is 4.98 Å². The number of aromatic nitrogens is 2. The summed E-state index contributed by atoms with van der Waals surface area (Å²) in [4.78, 5) is 3.98. The van der Waals surface area contributed by atoms with Crippen LogP contribution in [0.3, 0.4) is 0 Å². The fourth-order valence-corrected chi connectivity index (χ4v) is 1.52. The van der Waals surface area contributed by atoms with Crippen LogP contribution in [0.2, 0.25) is 0 Å². The molecule has 4 nitrogen and oxygen atoms in total. The number of nitrogens with zero attached hydrogens (tertiary/aromatic N) is 2. The van der Waals surface area contributed by atoms with Crippen LogP contribution in [0.15, 0.2) is 36.9 Å². The second kappa shape index (κ2) is 4.04. The van der Waals surface area contributed by atoms with E-state index in [-0.39, 0.29) is 0 Å². The first kappa shape index (κ1) is 9.58. The molecule has 0 fully saturated rings. The average Bonchev–Trinajstić information content (AvgIpc) is 2.73. The largest absolute Gasteiger partial charge is 0.397 e. The van der Waals surface area contributed by atoms with Gasteiger partial charge in [-0.15, -0.1) is 0 Å². The SMILES string of the molecule is Nc1cccc(CCn2ccnc2)c1N. The molecule has 0 bridgehead atoms. The number of anilines is 2. The summed E-state index contributed by atoms with van der Waals surface area (Å²) in [5, 5.41) is 0. The third-order valence-corrected chi connectivity index (χ3v) is 2.43. The molecule has 0 spiro atoms. The highest BCUT2D eigenvalue weighted by Crippen LogP contribution is 2.20. The van der Waals surface area contributed by atoms with Crippen molar-refractivity contribution in [2.45, 2.75) is 13.0 Å². The van der Waals surface area contributed by atoms with Gasteiger partial charge in [0.1, 0.15) is 0 Å². The number of hydrogen-bond acceptors (Lipinski definition) is 3. The summed E-state index contributed by atoms with van der Waals surface area (Å²) in [5.74, 6) is 0. The molecule has 0 saturated heterocycles. The molecule has 4 heteroatoms. The van der Waals surface area contributed by atoms with E-state index < -0.39 is 0 Å². The standard InChI is InChI=1S/C11H14N4/c12-10-3-1-2-9(11(10)13)4-6-15-7-5-14-8-15/h1-3,5,7-8H,4,6,12-13H2. The predicted octanol–water partition coefficient (Wildman–Crippen LogP) is 1.29. The molecular weight excluding hydrogens is 188 g/mol. The van der Waals surface area contributed by atoms with Gasteiger partial charge in [0.05, 0.1) is 17.7 Å². The summed E-state index contributed by atoms with van der Waals surface area (Å²) in [7, 11) is 0. The first-order valence-electron chi connectivity index (χ1n) is 4.86. The van der Waals surface area contributed by atoms with Gasteiger partial charge < -0.3 is 16.0 Å². The van der Waals surface area contributed by atoms with Crippen molar-refractivity contribution in [3.05, 3.63) is 42.5 Å². The lowest BCUT2D eigenvalue weighted by Gasteiger charge is -2.08. The Morgan fingerprint density at radius 3 is 2.87 bits per heavy atom. The Morgan fingerprint density at radius 2 is 2.13 bits per heavy atom. The first-order valence-corrected chi connectivity index (χ1v) is 4.86. The smallest absolute Gasteiger partial charge is 0.0946 e. The Morgan fingerprint density at radius 1 is 1.27 bits per heavy atom. The van der Waals surface area contributed by atoms with Crippen molar-refractivity contribution >= 4 is 11.4 Å². The molecule has 0 unspecified atom stereocenters. The molecule has 1 aromatic heterocycles. The number of rotatable bonds is 3. The van der Waals surface area contributed by atoms with Crippen LogP contribution in [0.4, 0.5) is 11.4 Å². The number of aryl methyl sites for hydroxylation is 2. The van der Waals surface area contributed by atoms with Crippen LogP contribution < -0.4 is 11.5 Å². The summed E-state index contributed by atoms with van der Waals surface area (Å²) in [6, 6.07) is 5.74. The molecule has 0 atom stereocenters. The van der Waals surface area contributed by atoms with E-state index in [0.717, 1.165) is 18.5 Å². The number of nitrogen functional groups attached to an aromatic ring is 2. The second-order valence-electron chi connectivity index (χ2n) is 3.47. The van der Waals surface area contributed by atoms with E-state index in [9.17, 15) is 0 Å². The molecule has 0 saturated carbocycles. The van der Waals surface area contributed by atoms with Crippen molar-refractivity contribution in [2.75, 3.05) is 11.5 Å². The van der Waals surface area contributed by atoms with Crippen LogP contribution in [-0.2, 0) is 13.0 Å². The van der Waals surface area contributed by atoms with Crippen LogP contribution in [0, 0.1) is 0 Å². The molecule has 0 aliphatic heterocycles. The second-order valence-corrected chi connectivity index (χ2v) is 3.47. The Hall–Kier alpha value is -1.97. The third-order valence-electron chi connectivity index (χ3n) is 2.43. The first-order chi connectivity index (χ1) is 7.27. The van der Waals surface area contributed by atoms with E-state index in [1.54, 1.807) is 12.5 Å². The highest BCUT2D eigenvalue weighted by Gasteiger charge is 2.01. The normalized spacial score (nSPS) is 10.4. The highest BCUT2D eigenvalue weighted by molar-refractivity contribution is 5.67. The molecule has 0 aliphatic carbocycles. The van der Waals surface area contributed by atoms with Crippen LogP contribution in [0.5, 0.6) is 0 Å². The van der Waals surface area contributed by atoms with Crippen LogP contribution in [0.1, 0.15) is 5.56 Å². The van der Waals surface area contributed by atoms with Crippen LogP contribution >= 0.6 is 0 Å². The van der Waals surface area contributed by atoms with Gasteiger partial charge in [-0.2, -0.15) is 0 Å². The predicted molar refractivity (Wildman–Crippen MR) is 61.2 cm³/mol. The minimum absolute atomic E-state index is 0.651. The van der Waals surface area contributed by atoms with Gasteiger partial charge in [-0.05, 0) is 18.1 Å². The lowest BCUT2D eigenvalue weighted by Crippen LogP contribution is -2.03. The maximum Gasteiger partial charge on any atom is 0.0946 e. The number of imidazole rings is 1. The minimum atomic E-state index is 0.651. The third kappa shape index (κ3) is 2.10. The fourth-order valence-electron chi connectivity index (χ4n) is 1.52. The molecule has 4 N–H and O–H groups in total. The molecule has 15 heavy (non-hydrogen) atoms. The van der Waals surface area contributed by atoms with Gasteiger partial charge in [0, 0.05) is 18.9 Å². The molecule has 2 rings (SSSR count). The highest BCUT2D eigenvalue weighted by atomic mass is 15.0. The minimum Gasteiger partial charge on any atom is -0.397 e. The lowest BCUT2D eigenvalue weighted by molar-refractivity contribution is 0.697. The van der Waals surface area contributed by atoms with Gasteiger partial charge >= 0.3 is 0 Å². The Balaban J connectivity index is 2.08. The van der Waals surface area contributed by atoms with Crippen molar-refractivity contribution in [1.82, 2.24) is 9.55 Å². The monoisotopic (exact) mass is 202 g/mol. The van der Waals surface area contributed by atoms with Crippen molar-refractivity contribution in [3.63, 3.8) is 0 Å². The molecule has 0 radical (unpaired) electrons. The van der Waals surface area contributed by atoms with E-state index in [2.05, 4.69) is 4.98 Å². The van der Waals surface area contributed by atoms with Gasteiger partial charge in [-0.1, -0.05) is 12.1 Å². The molecule has 2 aromatic rings. The number of benzene rings is 1. The number of nitrogens with two attached hydrogens (primary N) is 2.